The van der Waals surface area contributed by atoms with Crippen LogP contribution in [0.4, 0.5) is 10.5 Å². The number of halogens is 1. The lowest BCUT2D eigenvalue weighted by Gasteiger charge is -2.27. The maximum Gasteiger partial charge on any atom is 0.335 e. The van der Waals surface area contributed by atoms with Crippen LogP contribution in [0.3, 0.4) is 0 Å². The molecule has 0 atom stereocenters. The van der Waals surface area contributed by atoms with Crippen molar-refractivity contribution in [3.63, 3.8) is 0 Å². The molecule has 0 bridgehead atoms. The number of rotatable bonds is 5. The highest BCUT2D eigenvalue weighted by molar-refractivity contribution is 6.39. The van der Waals surface area contributed by atoms with Gasteiger partial charge in [0.05, 0.1) is 5.69 Å². The number of anilines is 1. The van der Waals surface area contributed by atoms with E-state index in [0.717, 1.165) is 26.8 Å². The van der Waals surface area contributed by atoms with Crippen LogP contribution >= 0.6 is 11.6 Å². The summed E-state index contributed by atoms with van der Waals surface area (Å²) in [6.07, 6.45) is 1.49. The molecular formula is C29H21ClN2O4. The van der Waals surface area contributed by atoms with Gasteiger partial charge in [0, 0.05) is 10.6 Å². The summed E-state index contributed by atoms with van der Waals surface area (Å²) >= 11 is 6.10. The highest BCUT2D eigenvalue weighted by Gasteiger charge is 2.37. The van der Waals surface area contributed by atoms with Gasteiger partial charge in [-0.1, -0.05) is 72.3 Å². The molecule has 0 spiro atoms. The zero-order chi connectivity index (χ0) is 25.2. The van der Waals surface area contributed by atoms with Crippen molar-refractivity contribution in [1.29, 1.82) is 0 Å². The molecule has 1 aliphatic heterocycles. The fourth-order valence-corrected chi connectivity index (χ4v) is 4.39. The van der Waals surface area contributed by atoms with Gasteiger partial charge in [0.15, 0.2) is 0 Å². The number of imide groups is 2. The molecule has 4 amide bonds. The molecule has 1 saturated heterocycles. The summed E-state index contributed by atoms with van der Waals surface area (Å²) in [7, 11) is 0. The van der Waals surface area contributed by atoms with Gasteiger partial charge in [-0.2, -0.15) is 0 Å². The number of ether oxygens (including phenoxy) is 1. The number of fused-ring (bicyclic) bond motifs is 1. The van der Waals surface area contributed by atoms with Crippen molar-refractivity contribution >= 4 is 52.0 Å². The Labute approximate surface area is 212 Å². The lowest BCUT2D eigenvalue weighted by Crippen LogP contribution is -2.54. The molecule has 1 N–H and O–H groups in total. The third-order valence-electron chi connectivity index (χ3n) is 5.96. The second-order valence-electron chi connectivity index (χ2n) is 8.36. The largest absolute Gasteiger partial charge is 0.488 e. The number of aryl methyl sites for hydroxylation is 1. The molecular weight excluding hydrogens is 476 g/mol. The molecule has 7 heteroatoms. The molecule has 0 saturated carbocycles. The maximum absolute atomic E-state index is 13.5. The van der Waals surface area contributed by atoms with Crippen molar-refractivity contribution in [2.24, 2.45) is 0 Å². The van der Waals surface area contributed by atoms with E-state index in [4.69, 9.17) is 16.3 Å². The SMILES string of the molecule is Cc1ccccc1N1C(=O)NC(=O)/C(=C\c2c(OCc3cccc(Cl)c3)ccc3ccccc23)C1=O. The predicted octanol–water partition coefficient (Wildman–Crippen LogP) is 6.05. The van der Waals surface area contributed by atoms with Crippen molar-refractivity contribution in [2.45, 2.75) is 13.5 Å². The lowest BCUT2D eigenvalue weighted by molar-refractivity contribution is -0.122. The minimum atomic E-state index is -0.785. The lowest BCUT2D eigenvalue weighted by atomic mass is 9.99. The van der Waals surface area contributed by atoms with E-state index < -0.39 is 17.8 Å². The van der Waals surface area contributed by atoms with Gasteiger partial charge in [0.1, 0.15) is 17.9 Å². The molecule has 178 valence electrons. The summed E-state index contributed by atoms with van der Waals surface area (Å²) in [6.45, 7) is 2.03. The topological polar surface area (TPSA) is 75.7 Å². The van der Waals surface area contributed by atoms with Crippen LogP contribution in [0.15, 0.2) is 90.5 Å². The molecule has 0 unspecified atom stereocenters. The van der Waals surface area contributed by atoms with Crippen molar-refractivity contribution in [3.05, 3.63) is 112 Å². The van der Waals surface area contributed by atoms with Gasteiger partial charge in [-0.05, 0) is 59.2 Å². The summed E-state index contributed by atoms with van der Waals surface area (Å²) in [4.78, 5) is 40.0. The van der Waals surface area contributed by atoms with Gasteiger partial charge >= 0.3 is 6.03 Å². The average Bonchev–Trinajstić information content (AvgIpc) is 2.86. The minimum Gasteiger partial charge on any atom is -0.488 e. The first-order chi connectivity index (χ1) is 17.4. The Balaban J connectivity index is 1.59. The molecule has 4 aromatic carbocycles. The minimum absolute atomic E-state index is 0.165. The Morgan fingerprint density at radius 1 is 0.917 bits per heavy atom. The van der Waals surface area contributed by atoms with Gasteiger partial charge in [0.2, 0.25) is 0 Å². The smallest absolute Gasteiger partial charge is 0.335 e. The first-order valence-corrected chi connectivity index (χ1v) is 11.7. The maximum atomic E-state index is 13.5. The molecule has 5 rings (SSSR count). The van der Waals surface area contributed by atoms with Crippen molar-refractivity contribution in [3.8, 4) is 5.75 Å². The van der Waals surface area contributed by atoms with Gasteiger partial charge < -0.3 is 4.74 Å². The number of barbiturate groups is 1. The van der Waals surface area contributed by atoms with Crippen LogP contribution < -0.4 is 15.0 Å². The number of carbonyl (C=O) groups excluding carboxylic acids is 3. The zero-order valence-electron chi connectivity index (χ0n) is 19.3. The average molecular weight is 497 g/mol. The normalized spacial score (nSPS) is 14.9. The fourth-order valence-electron chi connectivity index (χ4n) is 4.17. The number of para-hydroxylation sites is 1. The van der Waals surface area contributed by atoms with Crippen molar-refractivity contribution < 1.29 is 19.1 Å². The van der Waals surface area contributed by atoms with Crippen LogP contribution in [0, 0.1) is 6.92 Å². The highest BCUT2D eigenvalue weighted by Crippen LogP contribution is 2.33. The van der Waals surface area contributed by atoms with Crippen molar-refractivity contribution in [1.82, 2.24) is 5.32 Å². The number of benzene rings is 4. The third-order valence-corrected chi connectivity index (χ3v) is 6.20. The Kier molecular flexibility index (Phi) is 6.27. The number of nitrogens with zero attached hydrogens (tertiary/aromatic N) is 1. The van der Waals surface area contributed by atoms with E-state index in [1.165, 1.54) is 6.08 Å². The highest BCUT2D eigenvalue weighted by atomic mass is 35.5. The van der Waals surface area contributed by atoms with Gasteiger partial charge in [-0.25, -0.2) is 9.69 Å². The van der Waals surface area contributed by atoms with Crippen LogP contribution in [-0.4, -0.2) is 17.8 Å². The first kappa shape index (κ1) is 23.3. The molecule has 0 aromatic heterocycles. The second-order valence-corrected chi connectivity index (χ2v) is 8.80. The molecule has 6 nitrogen and oxygen atoms in total. The second kappa shape index (κ2) is 9.68. The molecule has 0 radical (unpaired) electrons. The van der Waals surface area contributed by atoms with Crippen LogP contribution in [0.2, 0.25) is 5.02 Å². The van der Waals surface area contributed by atoms with Crippen LogP contribution in [0.5, 0.6) is 5.75 Å². The summed E-state index contributed by atoms with van der Waals surface area (Å²) < 4.78 is 6.12. The zero-order valence-corrected chi connectivity index (χ0v) is 20.1. The number of hydrogen-bond acceptors (Lipinski definition) is 4. The number of carbonyl (C=O) groups is 3. The van der Waals surface area contributed by atoms with E-state index >= 15 is 0 Å². The monoisotopic (exact) mass is 496 g/mol. The molecule has 1 heterocycles. The third kappa shape index (κ3) is 4.46. The number of amides is 4. The standard InChI is InChI=1S/C29H21ClN2O4/c1-18-7-2-5-12-25(18)32-28(34)24(27(33)31-29(32)35)16-23-22-11-4-3-9-20(22)13-14-26(23)36-17-19-8-6-10-21(30)15-19/h2-16H,17H2,1H3,(H,31,33,35)/b24-16+. The van der Waals surface area contributed by atoms with E-state index in [1.807, 2.05) is 54.6 Å². The Bertz CT molecular complexity index is 1560. The summed E-state index contributed by atoms with van der Waals surface area (Å²) in [5, 5.41) is 4.60. The molecule has 1 aliphatic rings. The summed E-state index contributed by atoms with van der Waals surface area (Å²) in [6, 6.07) is 24.9. The fraction of sp³-hybridized carbons (Fsp3) is 0.0690. The van der Waals surface area contributed by atoms with Crippen LogP contribution in [0.25, 0.3) is 16.8 Å². The Hall–Kier alpha value is -4.42. The number of hydrogen-bond donors (Lipinski definition) is 1. The Morgan fingerprint density at radius 3 is 2.50 bits per heavy atom. The molecule has 1 fully saturated rings. The summed E-state index contributed by atoms with van der Waals surface area (Å²) in [5.74, 6) is -0.976. The number of urea groups is 1. The van der Waals surface area contributed by atoms with Crippen LogP contribution in [-0.2, 0) is 16.2 Å². The van der Waals surface area contributed by atoms with Crippen molar-refractivity contribution in [2.75, 3.05) is 4.90 Å². The van der Waals surface area contributed by atoms with Gasteiger partial charge in [0.25, 0.3) is 11.8 Å². The Morgan fingerprint density at radius 2 is 1.69 bits per heavy atom. The molecule has 36 heavy (non-hydrogen) atoms. The van der Waals surface area contributed by atoms with E-state index in [-0.39, 0.29) is 12.2 Å². The molecule has 0 aliphatic carbocycles. The summed E-state index contributed by atoms with van der Waals surface area (Å²) in [5.41, 5.74) is 2.41. The van der Waals surface area contributed by atoms with E-state index in [1.54, 1.807) is 37.3 Å². The van der Waals surface area contributed by atoms with E-state index in [0.29, 0.717) is 22.0 Å². The van der Waals surface area contributed by atoms with Gasteiger partial charge in [-0.3, -0.25) is 14.9 Å². The first-order valence-electron chi connectivity index (χ1n) is 11.3. The van der Waals surface area contributed by atoms with E-state index in [2.05, 4.69) is 5.32 Å². The van der Waals surface area contributed by atoms with Crippen LogP contribution in [0.1, 0.15) is 16.7 Å². The van der Waals surface area contributed by atoms with E-state index in [9.17, 15) is 14.4 Å². The molecule has 4 aromatic rings. The quantitative estimate of drug-likeness (QED) is 0.270. The number of nitrogens with one attached hydrogen (secondary N) is 1. The predicted molar refractivity (Wildman–Crippen MR) is 140 cm³/mol. The van der Waals surface area contributed by atoms with Gasteiger partial charge in [-0.15, -0.1) is 0 Å².